The van der Waals surface area contributed by atoms with Gasteiger partial charge in [0.25, 0.3) is 0 Å². The van der Waals surface area contributed by atoms with Gasteiger partial charge in [-0.1, -0.05) is 26.7 Å². The number of hydrogen-bond donors (Lipinski definition) is 0. The fourth-order valence-corrected chi connectivity index (χ4v) is 2.74. The van der Waals surface area contributed by atoms with Gasteiger partial charge in [-0.05, 0) is 70.9 Å². The van der Waals surface area contributed by atoms with E-state index in [0.29, 0.717) is 0 Å². The first-order chi connectivity index (χ1) is 10.3. The van der Waals surface area contributed by atoms with E-state index in [1.165, 1.54) is 36.8 Å². The molecule has 0 aromatic carbocycles. The van der Waals surface area contributed by atoms with Gasteiger partial charge in [-0.25, -0.2) is 0 Å². The van der Waals surface area contributed by atoms with E-state index < -0.39 is 0 Å². The van der Waals surface area contributed by atoms with Crippen molar-refractivity contribution in [2.24, 2.45) is 0 Å². The maximum atomic E-state index is 4.62. The summed E-state index contributed by atoms with van der Waals surface area (Å²) in [6.07, 6.45) is 10.9. The zero-order chi connectivity index (χ0) is 15.1. The number of nitrogens with zero attached hydrogens (tertiary/aromatic N) is 2. The smallest absolute Gasteiger partial charge is 0.0920 e. The minimum Gasteiger partial charge on any atom is -0.254 e. The maximum absolute atomic E-state index is 4.62. The Morgan fingerprint density at radius 3 is 2.38 bits per heavy atom. The minimum atomic E-state index is 0.975. The van der Waals surface area contributed by atoms with Crippen LogP contribution in [0.3, 0.4) is 0 Å². The molecular formula is C18H23BrN2. The van der Waals surface area contributed by atoms with Crippen molar-refractivity contribution >= 4 is 15.9 Å². The lowest BCUT2D eigenvalue weighted by molar-refractivity contribution is 0.755. The van der Waals surface area contributed by atoms with Crippen LogP contribution < -0.4 is 0 Å². The van der Waals surface area contributed by atoms with Gasteiger partial charge < -0.3 is 0 Å². The zero-order valence-corrected chi connectivity index (χ0v) is 14.5. The van der Waals surface area contributed by atoms with E-state index in [9.17, 15) is 0 Å². The fraction of sp³-hybridized carbons (Fsp3) is 0.444. The summed E-state index contributed by atoms with van der Waals surface area (Å²) in [5.74, 6) is 0. The molecule has 0 amide bonds. The molecule has 0 saturated heterocycles. The van der Waals surface area contributed by atoms with Gasteiger partial charge in [-0.2, -0.15) is 0 Å². The van der Waals surface area contributed by atoms with Crippen molar-refractivity contribution in [3.63, 3.8) is 0 Å². The lowest BCUT2D eigenvalue weighted by Crippen LogP contribution is -2.01. The summed E-state index contributed by atoms with van der Waals surface area (Å²) in [5.41, 5.74) is 4.87. The minimum absolute atomic E-state index is 0.975. The molecule has 0 spiro atoms. The van der Waals surface area contributed by atoms with E-state index in [-0.39, 0.29) is 0 Å². The highest BCUT2D eigenvalue weighted by atomic mass is 79.9. The van der Waals surface area contributed by atoms with Crippen LogP contribution in [0.2, 0.25) is 0 Å². The number of unbranched alkanes of at least 4 members (excludes halogenated alkanes) is 2. The average Bonchev–Trinajstić information content (AvgIpc) is 2.52. The molecule has 0 N–H and O–H groups in total. The Morgan fingerprint density at radius 2 is 1.71 bits per heavy atom. The van der Waals surface area contributed by atoms with Crippen LogP contribution in [0.4, 0.5) is 0 Å². The van der Waals surface area contributed by atoms with Crippen LogP contribution in [0, 0.1) is 0 Å². The SMILES string of the molecule is CCCCc1ccnc(-c2ccc(Br)cn2)c1CCCC. The van der Waals surface area contributed by atoms with Crippen LogP contribution in [0.5, 0.6) is 0 Å². The third kappa shape index (κ3) is 4.37. The summed E-state index contributed by atoms with van der Waals surface area (Å²) in [7, 11) is 0. The molecule has 2 heterocycles. The Bertz CT molecular complexity index is 564. The van der Waals surface area contributed by atoms with Crippen LogP contribution in [0.15, 0.2) is 35.1 Å². The highest BCUT2D eigenvalue weighted by Crippen LogP contribution is 2.26. The topological polar surface area (TPSA) is 25.8 Å². The number of aromatic nitrogens is 2. The average molecular weight is 347 g/mol. The van der Waals surface area contributed by atoms with Gasteiger partial charge in [0.05, 0.1) is 11.4 Å². The van der Waals surface area contributed by atoms with Crippen LogP contribution in [-0.4, -0.2) is 9.97 Å². The molecule has 0 unspecified atom stereocenters. The van der Waals surface area contributed by atoms with E-state index in [1.807, 2.05) is 24.5 Å². The monoisotopic (exact) mass is 346 g/mol. The second-order valence-corrected chi connectivity index (χ2v) is 6.28. The van der Waals surface area contributed by atoms with Crippen LogP contribution >= 0.6 is 15.9 Å². The number of aryl methyl sites for hydroxylation is 1. The Labute approximate surface area is 136 Å². The van der Waals surface area contributed by atoms with Gasteiger partial charge in [0, 0.05) is 16.9 Å². The summed E-state index contributed by atoms with van der Waals surface area (Å²) < 4.78 is 1.00. The van der Waals surface area contributed by atoms with Gasteiger partial charge in [-0.15, -0.1) is 0 Å². The van der Waals surface area contributed by atoms with E-state index in [4.69, 9.17) is 0 Å². The molecule has 2 aromatic rings. The largest absolute Gasteiger partial charge is 0.254 e. The zero-order valence-electron chi connectivity index (χ0n) is 12.9. The van der Waals surface area contributed by atoms with E-state index in [2.05, 4.69) is 45.8 Å². The predicted octanol–water partition coefficient (Wildman–Crippen LogP) is 5.59. The van der Waals surface area contributed by atoms with Gasteiger partial charge >= 0.3 is 0 Å². The summed E-state index contributed by atoms with van der Waals surface area (Å²) in [6, 6.07) is 6.26. The van der Waals surface area contributed by atoms with Gasteiger partial charge in [0.15, 0.2) is 0 Å². The first-order valence-corrected chi connectivity index (χ1v) is 8.64. The van der Waals surface area contributed by atoms with E-state index in [1.54, 1.807) is 0 Å². The Kier molecular flexibility index (Phi) is 6.37. The summed E-state index contributed by atoms with van der Waals surface area (Å²) >= 11 is 3.44. The first kappa shape index (κ1) is 16.2. The molecule has 2 nitrogen and oxygen atoms in total. The molecule has 0 radical (unpaired) electrons. The van der Waals surface area contributed by atoms with Crippen molar-refractivity contribution < 1.29 is 0 Å². The predicted molar refractivity (Wildman–Crippen MR) is 92.4 cm³/mol. The second kappa shape index (κ2) is 8.28. The third-order valence-electron chi connectivity index (χ3n) is 3.70. The summed E-state index contributed by atoms with van der Waals surface area (Å²) in [4.78, 5) is 9.15. The lowest BCUT2D eigenvalue weighted by Gasteiger charge is -2.13. The van der Waals surface area contributed by atoms with Crippen molar-refractivity contribution in [1.82, 2.24) is 9.97 Å². The van der Waals surface area contributed by atoms with Crippen molar-refractivity contribution in [2.75, 3.05) is 0 Å². The standard InChI is InChI=1S/C18H23BrN2/c1-3-5-7-14-11-12-20-18(16(14)8-6-4-2)17-10-9-15(19)13-21-17/h9-13H,3-8H2,1-2H3. The summed E-state index contributed by atoms with van der Waals surface area (Å²) in [5, 5.41) is 0. The molecule has 2 rings (SSSR count). The van der Waals surface area contributed by atoms with E-state index >= 15 is 0 Å². The molecule has 112 valence electrons. The highest BCUT2D eigenvalue weighted by molar-refractivity contribution is 9.10. The van der Waals surface area contributed by atoms with E-state index in [0.717, 1.165) is 28.7 Å². The number of hydrogen-bond acceptors (Lipinski definition) is 2. The quantitative estimate of drug-likeness (QED) is 0.652. The molecule has 0 atom stereocenters. The molecule has 0 bridgehead atoms. The molecule has 0 saturated carbocycles. The van der Waals surface area contributed by atoms with Crippen LogP contribution in [0.25, 0.3) is 11.4 Å². The lowest BCUT2D eigenvalue weighted by atomic mass is 9.95. The van der Waals surface area contributed by atoms with Crippen molar-refractivity contribution in [3.8, 4) is 11.4 Å². The van der Waals surface area contributed by atoms with Gasteiger partial charge in [-0.3, -0.25) is 9.97 Å². The Balaban J connectivity index is 2.40. The highest BCUT2D eigenvalue weighted by Gasteiger charge is 2.12. The number of pyridine rings is 2. The molecule has 2 aromatic heterocycles. The second-order valence-electron chi connectivity index (χ2n) is 5.37. The molecule has 0 aliphatic carbocycles. The van der Waals surface area contributed by atoms with Crippen molar-refractivity contribution in [3.05, 3.63) is 46.2 Å². The molecule has 0 aliphatic rings. The first-order valence-electron chi connectivity index (χ1n) is 7.85. The number of halogens is 1. The van der Waals surface area contributed by atoms with Crippen molar-refractivity contribution in [2.45, 2.75) is 52.4 Å². The van der Waals surface area contributed by atoms with Crippen molar-refractivity contribution in [1.29, 1.82) is 0 Å². The molecule has 3 heteroatoms. The molecule has 0 aliphatic heterocycles. The van der Waals surface area contributed by atoms with Gasteiger partial charge in [0.1, 0.15) is 0 Å². The summed E-state index contributed by atoms with van der Waals surface area (Å²) in [6.45, 7) is 4.48. The normalized spacial score (nSPS) is 10.8. The Hall–Kier alpha value is -1.22. The number of rotatable bonds is 7. The Morgan fingerprint density at radius 1 is 0.952 bits per heavy atom. The molecular weight excluding hydrogens is 324 g/mol. The fourth-order valence-electron chi connectivity index (χ4n) is 2.50. The van der Waals surface area contributed by atoms with Crippen LogP contribution in [-0.2, 0) is 12.8 Å². The third-order valence-corrected chi connectivity index (χ3v) is 4.17. The van der Waals surface area contributed by atoms with Crippen LogP contribution in [0.1, 0.15) is 50.7 Å². The van der Waals surface area contributed by atoms with Gasteiger partial charge in [0.2, 0.25) is 0 Å². The molecule has 0 fully saturated rings. The maximum Gasteiger partial charge on any atom is 0.0920 e. The molecule has 21 heavy (non-hydrogen) atoms.